The number of rotatable bonds is 13. The number of nitriles is 1. The van der Waals surface area contributed by atoms with Crippen LogP contribution in [0.25, 0.3) is 0 Å². The molecule has 0 radical (unpaired) electrons. The Morgan fingerprint density at radius 3 is 2.48 bits per heavy atom. The van der Waals surface area contributed by atoms with Gasteiger partial charge in [-0.1, -0.05) is 44.2 Å². The van der Waals surface area contributed by atoms with E-state index in [1.165, 1.54) is 29.2 Å². The van der Waals surface area contributed by atoms with Crippen molar-refractivity contribution < 1.29 is 38.0 Å². The minimum atomic E-state index is -4.19. The van der Waals surface area contributed by atoms with E-state index in [2.05, 4.69) is 6.07 Å². The fraction of sp³-hybridized carbons (Fsp3) is 0.533. The summed E-state index contributed by atoms with van der Waals surface area (Å²) < 4.78 is 40.4. The second kappa shape index (κ2) is 13.4. The number of fused-ring (bicyclic) bond motifs is 1. The van der Waals surface area contributed by atoms with Crippen molar-refractivity contribution in [1.82, 2.24) is 9.21 Å². The van der Waals surface area contributed by atoms with E-state index in [0.717, 1.165) is 9.87 Å². The van der Waals surface area contributed by atoms with Crippen molar-refractivity contribution in [2.75, 3.05) is 26.3 Å². The average Bonchev–Trinajstić information content (AvgIpc) is 3.57. The van der Waals surface area contributed by atoms with E-state index in [1.807, 2.05) is 44.2 Å². The average molecular weight is 602 g/mol. The lowest BCUT2D eigenvalue weighted by atomic mass is 9.87. The van der Waals surface area contributed by atoms with Gasteiger partial charge in [-0.05, 0) is 54.5 Å². The summed E-state index contributed by atoms with van der Waals surface area (Å²) in [4.78, 5) is 14.0. The molecule has 4 rings (SSSR count). The number of carbonyl (C=O) groups is 1. The molecule has 2 heterocycles. The van der Waals surface area contributed by atoms with Gasteiger partial charge >= 0.3 is 6.09 Å². The summed E-state index contributed by atoms with van der Waals surface area (Å²) in [5.74, 6) is -0.295. The lowest BCUT2D eigenvalue weighted by molar-refractivity contribution is -0.0906. The molecule has 0 unspecified atom stereocenters. The van der Waals surface area contributed by atoms with E-state index < -0.39 is 52.6 Å². The van der Waals surface area contributed by atoms with E-state index in [1.54, 1.807) is 0 Å². The molecule has 2 aromatic rings. The van der Waals surface area contributed by atoms with Crippen LogP contribution in [0, 0.1) is 22.7 Å². The molecular formula is C30H39N3O8S. The first-order chi connectivity index (χ1) is 19.9. The Bertz CT molecular complexity index is 1350. The SMILES string of the molecule is CC(C)(CCC#N)CN(C[C@@H](O)[C@H](Cc1ccccc1)N(C(=O)O)[C@H]1CO[C@H]2OCC[C@H]21)S(=O)(=O)c1ccc(O)cc1. The topological polar surface area (TPSA) is 161 Å². The molecular weight excluding hydrogens is 562 g/mol. The van der Waals surface area contributed by atoms with Crippen LogP contribution in [0.2, 0.25) is 0 Å². The molecule has 228 valence electrons. The molecule has 0 aromatic heterocycles. The molecule has 2 aromatic carbocycles. The highest BCUT2D eigenvalue weighted by Gasteiger charge is 2.49. The Morgan fingerprint density at radius 2 is 1.83 bits per heavy atom. The second-order valence-electron chi connectivity index (χ2n) is 11.7. The number of hydrogen-bond donors (Lipinski definition) is 3. The fourth-order valence-corrected chi connectivity index (χ4v) is 7.48. The zero-order valence-electron chi connectivity index (χ0n) is 23.9. The first-order valence-electron chi connectivity index (χ1n) is 14.1. The molecule has 3 N–H and O–H groups in total. The van der Waals surface area contributed by atoms with Gasteiger partial charge < -0.3 is 24.8 Å². The number of hydrogen-bond acceptors (Lipinski definition) is 8. The van der Waals surface area contributed by atoms with Crippen LogP contribution in [-0.2, 0) is 25.9 Å². The van der Waals surface area contributed by atoms with Gasteiger partial charge in [-0.2, -0.15) is 9.57 Å². The van der Waals surface area contributed by atoms with Crippen molar-refractivity contribution in [1.29, 1.82) is 5.26 Å². The van der Waals surface area contributed by atoms with Gasteiger partial charge in [0.05, 0.1) is 42.4 Å². The van der Waals surface area contributed by atoms with Crippen molar-refractivity contribution in [2.24, 2.45) is 11.3 Å². The number of amides is 1. The van der Waals surface area contributed by atoms with Gasteiger partial charge in [0.15, 0.2) is 6.29 Å². The first-order valence-corrected chi connectivity index (χ1v) is 15.5. The van der Waals surface area contributed by atoms with Crippen LogP contribution >= 0.6 is 0 Å². The lowest BCUT2D eigenvalue weighted by Gasteiger charge is -2.40. The molecule has 11 nitrogen and oxygen atoms in total. The predicted molar refractivity (Wildman–Crippen MR) is 153 cm³/mol. The second-order valence-corrected chi connectivity index (χ2v) is 13.7. The quantitative estimate of drug-likeness (QED) is 0.312. The summed E-state index contributed by atoms with van der Waals surface area (Å²) in [6.45, 7) is 3.83. The molecule has 2 aliphatic heterocycles. The molecule has 2 saturated heterocycles. The first kappa shape index (κ1) is 31.7. The van der Waals surface area contributed by atoms with E-state index in [-0.39, 0.29) is 42.6 Å². The monoisotopic (exact) mass is 601 g/mol. The summed E-state index contributed by atoms with van der Waals surface area (Å²) in [6.07, 6.45) is -1.77. The number of carboxylic acid groups (broad SMARTS) is 1. The summed E-state index contributed by atoms with van der Waals surface area (Å²) in [5.41, 5.74) is 0.155. The van der Waals surface area contributed by atoms with Crippen LogP contribution in [0.3, 0.4) is 0 Å². The number of aromatic hydroxyl groups is 1. The van der Waals surface area contributed by atoms with Crippen LogP contribution in [-0.4, -0.2) is 89.8 Å². The van der Waals surface area contributed by atoms with E-state index in [9.17, 15) is 28.5 Å². The maximum atomic E-state index is 13.9. The van der Waals surface area contributed by atoms with Crippen LogP contribution < -0.4 is 0 Å². The van der Waals surface area contributed by atoms with Crippen molar-refractivity contribution in [3.63, 3.8) is 0 Å². The molecule has 0 spiro atoms. The minimum absolute atomic E-state index is 0.0227. The largest absolute Gasteiger partial charge is 0.508 e. The third kappa shape index (κ3) is 7.40. The van der Waals surface area contributed by atoms with Gasteiger partial charge in [-0.25, -0.2) is 13.2 Å². The van der Waals surface area contributed by atoms with Crippen LogP contribution in [0.15, 0.2) is 59.5 Å². The maximum Gasteiger partial charge on any atom is 0.407 e. The van der Waals surface area contributed by atoms with E-state index in [0.29, 0.717) is 19.4 Å². The Balaban J connectivity index is 1.70. The summed E-state index contributed by atoms with van der Waals surface area (Å²) >= 11 is 0. The standard InChI is InChI=1S/C30H39N3O8S/c1-30(2,14-6-15-31)20-32(42(38,39)23-11-9-22(34)10-12-23)18-27(35)25(17-21-7-4-3-5-8-21)33(29(36)37)26-19-41-28-24(26)13-16-40-28/h3-5,7-12,24-28,34-35H,6,13-14,16-20H2,1-2H3,(H,36,37)/t24-,25-,26-,27+,28+/m0/s1. The van der Waals surface area contributed by atoms with Crippen molar-refractivity contribution in [2.45, 2.75) is 68.9 Å². The molecule has 0 saturated carbocycles. The van der Waals surface area contributed by atoms with E-state index in [4.69, 9.17) is 14.7 Å². The van der Waals surface area contributed by atoms with Crippen molar-refractivity contribution in [3.05, 3.63) is 60.2 Å². The highest BCUT2D eigenvalue weighted by Crippen LogP contribution is 2.36. The van der Waals surface area contributed by atoms with Gasteiger partial charge in [0.1, 0.15) is 5.75 Å². The third-order valence-electron chi connectivity index (χ3n) is 8.06. The lowest BCUT2D eigenvalue weighted by Crippen LogP contribution is -2.58. The summed E-state index contributed by atoms with van der Waals surface area (Å²) in [7, 11) is -4.19. The molecule has 0 bridgehead atoms. The zero-order valence-corrected chi connectivity index (χ0v) is 24.7. The number of phenols is 1. The Hall–Kier alpha value is -3.21. The fourth-order valence-electron chi connectivity index (χ4n) is 5.83. The number of ether oxygens (including phenoxy) is 2. The molecule has 0 aliphatic carbocycles. The molecule has 42 heavy (non-hydrogen) atoms. The minimum Gasteiger partial charge on any atom is -0.508 e. The van der Waals surface area contributed by atoms with Gasteiger partial charge in [-0.3, -0.25) is 4.90 Å². The van der Waals surface area contributed by atoms with Gasteiger partial charge in [0, 0.05) is 25.4 Å². The summed E-state index contributed by atoms with van der Waals surface area (Å²) in [5, 5.41) is 41.1. The smallest absolute Gasteiger partial charge is 0.407 e. The number of aliphatic hydroxyl groups is 1. The molecule has 1 amide bonds. The highest BCUT2D eigenvalue weighted by molar-refractivity contribution is 7.89. The highest BCUT2D eigenvalue weighted by atomic mass is 32.2. The van der Waals surface area contributed by atoms with Gasteiger partial charge in [0.25, 0.3) is 0 Å². The maximum absolute atomic E-state index is 13.9. The van der Waals surface area contributed by atoms with Crippen molar-refractivity contribution in [3.8, 4) is 11.8 Å². The molecule has 2 aliphatic rings. The van der Waals surface area contributed by atoms with Crippen molar-refractivity contribution >= 4 is 16.1 Å². The number of aliphatic hydroxyl groups excluding tert-OH is 1. The van der Waals surface area contributed by atoms with Crippen LogP contribution in [0.4, 0.5) is 4.79 Å². The number of phenolic OH excluding ortho intramolecular Hbond substituents is 1. The molecule has 2 fully saturated rings. The Labute approximate surface area is 246 Å². The number of sulfonamides is 1. The number of nitrogens with zero attached hydrogens (tertiary/aromatic N) is 3. The van der Waals surface area contributed by atoms with E-state index >= 15 is 0 Å². The van der Waals surface area contributed by atoms with Gasteiger partial charge in [0.2, 0.25) is 10.0 Å². The number of benzene rings is 2. The van der Waals surface area contributed by atoms with Crippen LogP contribution in [0.5, 0.6) is 5.75 Å². The predicted octanol–water partition coefficient (Wildman–Crippen LogP) is 3.43. The van der Waals surface area contributed by atoms with Crippen LogP contribution in [0.1, 0.15) is 38.7 Å². The zero-order chi connectivity index (χ0) is 30.5. The Kier molecular flexibility index (Phi) is 10.1. The molecule has 12 heteroatoms. The van der Waals surface area contributed by atoms with Gasteiger partial charge in [-0.15, -0.1) is 0 Å². The Morgan fingerprint density at radius 1 is 1.14 bits per heavy atom. The third-order valence-corrected chi connectivity index (χ3v) is 9.88. The normalized spacial score (nSPS) is 21.9. The molecule has 5 atom stereocenters. The summed E-state index contributed by atoms with van der Waals surface area (Å²) in [6, 6.07) is 14.8.